The summed E-state index contributed by atoms with van der Waals surface area (Å²) in [6.07, 6.45) is 2.00. The fraction of sp³-hybridized carbons (Fsp3) is 0.500. The summed E-state index contributed by atoms with van der Waals surface area (Å²) < 4.78 is 1.73. The van der Waals surface area contributed by atoms with Gasteiger partial charge in [0.05, 0.1) is 10.7 Å². The first-order chi connectivity index (χ1) is 11.9. The number of amides is 1. The van der Waals surface area contributed by atoms with E-state index in [2.05, 4.69) is 10.1 Å². The summed E-state index contributed by atoms with van der Waals surface area (Å²) in [5.74, 6) is 0.772. The van der Waals surface area contributed by atoms with Crippen molar-refractivity contribution in [3.05, 3.63) is 40.3 Å². The van der Waals surface area contributed by atoms with Crippen molar-refractivity contribution in [2.24, 2.45) is 11.7 Å². The average molecular weight is 362 g/mol. The van der Waals surface area contributed by atoms with Crippen LogP contribution in [0.4, 0.5) is 0 Å². The highest BCUT2D eigenvalue weighted by molar-refractivity contribution is 6.33. The summed E-state index contributed by atoms with van der Waals surface area (Å²) >= 11 is 6.28. The van der Waals surface area contributed by atoms with E-state index in [9.17, 15) is 4.79 Å². The number of nitrogens with zero attached hydrogens (tertiary/aromatic N) is 4. The largest absolute Gasteiger partial charge is 0.337 e. The fourth-order valence-electron chi connectivity index (χ4n) is 3.33. The third kappa shape index (κ3) is 3.70. The molecular weight excluding hydrogens is 338 g/mol. The number of hydrogen-bond acceptors (Lipinski definition) is 4. The van der Waals surface area contributed by atoms with Crippen LogP contribution in [0.3, 0.4) is 0 Å². The van der Waals surface area contributed by atoms with Gasteiger partial charge in [-0.1, -0.05) is 11.6 Å². The molecule has 6 nitrogen and oxygen atoms in total. The maximum atomic E-state index is 13.0. The molecule has 0 saturated carbocycles. The highest BCUT2D eigenvalue weighted by Crippen LogP contribution is 2.24. The molecule has 0 spiro atoms. The lowest BCUT2D eigenvalue weighted by atomic mass is 9.92. The molecule has 1 aliphatic heterocycles. The van der Waals surface area contributed by atoms with Crippen LogP contribution >= 0.6 is 11.6 Å². The standard InChI is InChI=1S/C18H24ClN5O/c1-11-9-12(2)24(22-11)16-7-6-15(19)17(21-16)18(25)23-8-4-5-14(10-23)13(3)20/h6-7,9,13-14H,4-5,8,10,20H2,1-3H3. The first-order valence-electron chi connectivity index (χ1n) is 8.62. The number of likely N-dealkylation sites (tertiary alicyclic amines) is 1. The predicted molar refractivity (Wildman–Crippen MR) is 98.1 cm³/mol. The Hall–Kier alpha value is -1.92. The van der Waals surface area contributed by atoms with Gasteiger partial charge < -0.3 is 10.6 Å². The van der Waals surface area contributed by atoms with Crippen molar-refractivity contribution in [3.63, 3.8) is 0 Å². The Morgan fingerprint density at radius 1 is 1.40 bits per heavy atom. The van der Waals surface area contributed by atoms with Gasteiger partial charge in [0.15, 0.2) is 5.82 Å². The maximum absolute atomic E-state index is 13.0. The first kappa shape index (κ1) is 17.9. The quantitative estimate of drug-likeness (QED) is 0.911. The second kappa shape index (κ2) is 7.14. The van der Waals surface area contributed by atoms with Crippen LogP contribution in [-0.2, 0) is 0 Å². The number of hydrogen-bond donors (Lipinski definition) is 1. The summed E-state index contributed by atoms with van der Waals surface area (Å²) in [6.45, 7) is 7.24. The summed E-state index contributed by atoms with van der Waals surface area (Å²) in [6, 6.07) is 5.52. The van der Waals surface area contributed by atoms with Crippen LogP contribution in [0.1, 0.15) is 41.6 Å². The fourth-order valence-corrected chi connectivity index (χ4v) is 3.52. The van der Waals surface area contributed by atoms with E-state index in [0.29, 0.717) is 29.8 Å². The van der Waals surface area contributed by atoms with Gasteiger partial charge in [-0.25, -0.2) is 9.67 Å². The van der Waals surface area contributed by atoms with E-state index in [1.807, 2.05) is 31.7 Å². The molecule has 3 rings (SSSR count). The van der Waals surface area contributed by atoms with E-state index in [-0.39, 0.29) is 17.6 Å². The lowest BCUT2D eigenvalue weighted by molar-refractivity contribution is 0.0655. The zero-order chi connectivity index (χ0) is 18.1. The molecular formula is C18H24ClN5O. The summed E-state index contributed by atoms with van der Waals surface area (Å²) in [5, 5.41) is 4.79. The van der Waals surface area contributed by atoms with E-state index >= 15 is 0 Å². The Balaban J connectivity index is 1.90. The van der Waals surface area contributed by atoms with Crippen molar-refractivity contribution < 1.29 is 4.79 Å². The number of halogens is 1. The molecule has 25 heavy (non-hydrogen) atoms. The van der Waals surface area contributed by atoms with Crippen molar-refractivity contribution in [2.45, 2.75) is 39.7 Å². The molecule has 2 aromatic heterocycles. The van der Waals surface area contributed by atoms with Gasteiger partial charge in [0.1, 0.15) is 5.69 Å². The molecule has 0 radical (unpaired) electrons. The van der Waals surface area contributed by atoms with E-state index in [0.717, 1.165) is 24.2 Å². The number of aryl methyl sites for hydroxylation is 2. The minimum Gasteiger partial charge on any atom is -0.337 e. The van der Waals surface area contributed by atoms with Crippen LogP contribution in [0.2, 0.25) is 5.02 Å². The van der Waals surface area contributed by atoms with Crippen molar-refractivity contribution >= 4 is 17.5 Å². The lowest BCUT2D eigenvalue weighted by Crippen LogP contribution is -2.45. The molecule has 0 aliphatic carbocycles. The Labute approximate surface area is 153 Å². The minimum atomic E-state index is -0.140. The van der Waals surface area contributed by atoms with Crippen LogP contribution in [0.15, 0.2) is 18.2 Å². The predicted octanol–water partition coefficient (Wildman–Crippen LogP) is 2.74. The Bertz CT molecular complexity index is 786. The van der Waals surface area contributed by atoms with E-state index in [1.165, 1.54) is 0 Å². The molecule has 3 heterocycles. The van der Waals surface area contributed by atoms with Gasteiger partial charge >= 0.3 is 0 Å². The van der Waals surface area contributed by atoms with Crippen molar-refractivity contribution in [1.29, 1.82) is 0 Å². The van der Waals surface area contributed by atoms with Crippen LogP contribution in [0.25, 0.3) is 5.82 Å². The van der Waals surface area contributed by atoms with Gasteiger partial charge in [-0.05, 0) is 57.7 Å². The van der Waals surface area contributed by atoms with Crippen LogP contribution in [0.5, 0.6) is 0 Å². The molecule has 1 fully saturated rings. The monoisotopic (exact) mass is 361 g/mol. The maximum Gasteiger partial charge on any atom is 0.274 e. The molecule has 2 aromatic rings. The third-order valence-corrected chi connectivity index (χ3v) is 5.05. The second-order valence-corrected chi connectivity index (χ2v) is 7.26. The van der Waals surface area contributed by atoms with Gasteiger partial charge in [-0.3, -0.25) is 4.79 Å². The van der Waals surface area contributed by atoms with Gasteiger partial charge in [-0.2, -0.15) is 5.10 Å². The molecule has 0 aromatic carbocycles. The SMILES string of the molecule is Cc1cc(C)n(-c2ccc(Cl)c(C(=O)N3CCCC(C(C)N)C3)n2)n1. The molecule has 0 bridgehead atoms. The number of carbonyl (C=O) groups excluding carboxylic acids is 1. The highest BCUT2D eigenvalue weighted by Gasteiger charge is 2.28. The van der Waals surface area contributed by atoms with E-state index in [1.54, 1.807) is 16.8 Å². The number of carbonyl (C=O) groups is 1. The van der Waals surface area contributed by atoms with Gasteiger partial charge in [0.2, 0.25) is 0 Å². The third-order valence-electron chi connectivity index (χ3n) is 4.75. The molecule has 1 amide bonds. The first-order valence-corrected chi connectivity index (χ1v) is 8.99. The molecule has 2 atom stereocenters. The van der Waals surface area contributed by atoms with Crippen LogP contribution in [0, 0.1) is 19.8 Å². The van der Waals surface area contributed by atoms with Crippen LogP contribution < -0.4 is 5.73 Å². The number of aromatic nitrogens is 3. The van der Waals surface area contributed by atoms with Crippen molar-refractivity contribution in [3.8, 4) is 5.82 Å². The Kier molecular flexibility index (Phi) is 5.11. The average Bonchev–Trinajstić information content (AvgIpc) is 2.93. The van der Waals surface area contributed by atoms with E-state index < -0.39 is 0 Å². The summed E-state index contributed by atoms with van der Waals surface area (Å²) in [5.41, 5.74) is 8.16. The topological polar surface area (TPSA) is 77.0 Å². The van der Waals surface area contributed by atoms with Gasteiger partial charge in [0, 0.05) is 24.8 Å². The number of rotatable bonds is 3. The van der Waals surface area contributed by atoms with Gasteiger partial charge in [0.25, 0.3) is 5.91 Å². The number of piperidine rings is 1. The molecule has 1 saturated heterocycles. The Morgan fingerprint density at radius 2 is 2.16 bits per heavy atom. The molecule has 2 N–H and O–H groups in total. The smallest absolute Gasteiger partial charge is 0.274 e. The number of pyridine rings is 1. The van der Waals surface area contributed by atoms with Crippen LogP contribution in [-0.4, -0.2) is 44.7 Å². The summed E-state index contributed by atoms with van der Waals surface area (Å²) in [7, 11) is 0. The molecule has 7 heteroatoms. The second-order valence-electron chi connectivity index (χ2n) is 6.85. The van der Waals surface area contributed by atoms with Crippen molar-refractivity contribution in [1.82, 2.24) is 19.7 Å². The number of nitrogens with two attached hydrogens (primary N) is 1. The normalized spacial score (nSPS) is 19.1. The van der Waals surface area contributed by atoms with Crippen molar-refractivity contribution in [2.75, 3.05) is 13.1 Å². The minimum absolute atomic E-state index is 0.0695. The summed E-state index contributed by atoms with van der Waals surface area (Å²) in [4.78, 5) is 19.3. The zero-order valence-electron chi connectivity index (χ0n) is 14.9. The Morgan fingerprint density at radius 3 is 2.80 bits per heavy atom. The van der Waals surface area contributed by atoms with Gasteiger partial charge in [-0.15, -0.1) is 0 Å². The van der Waals surface area contributed by atoms with E-state index in [4.69, 9.17) is 17.3 Å². The zero-order valence-corrected chi connectivity index (χ0v) is 15.6. The highest BCUT2D eigenvalue weighted by atomic mass is 35.5. The molecule has 1 aliphatic rings. The molecule has 2 unspecified atom stereocenters. The molecule has 134 valence electrons. The lowest BCUT2D eigenvalue weighted by Gasteiger charge is -2.34.